The quantitative estimate of drug-likeness (QED) is 0.866. The van der Waals surface area contributed by atoms with Gasteiger partial charge in [-0.15, -0.1) is 0 Å². The van der Waals surface area contributed by atoms with Crippen LogP contribution in [0.3, 0.4) is 0 Å². The summed E-state index contributed by atoms with van der Waals surface area (Å²) in [6.07, 6.45) is 3.91. The van der Waals surface area contributed by atoms with Gasteiger partial charge in [-0.25, -0.2) is 0 Å². The Morgan fingerprint density at radius 2 is 2.20 bits per heavy atom. The van der Waals surface area contributed by atoms with Crippen LogP contribution in [-0.2, 0) is 11.2 Å². The lowest BCUT2D eigenvalue weighted by molar-refractivity contribution is -0.121. The molecule has 3 nitrogen and oxygen atoms in total. The van der Waals surface area contributed by atoms with Crippen molar-refractivity contribution in [2.24, 2.45) is 5.92 Å². The molecule has 1 aliphatic rings. The Bertz CT molecular complexity index is 444. The van der Waals surface area contributed by atoms with E-state index >= 15 is 0 Å². The fourth-order valence-electron chi connectivity index (χ4n) is 2.84. The maximum absolute atomic E-state index is 11.9. The Labute approximate surface area is 122 Å². The fourth-order valence-corrected chi connectivity index (χ4v) is 2.84. The molecule has 0 radical (unpaired) electrons. The van der Waals surface area contributed by atoms with Crippen LogP contribution in [0, 0.1) is 12.8 Å². The van der Waals surface area contributed by atoms with Gasteiger partial charge in [0.2, 0.25) is 5.91 Å². The number of piperidine rings is 1. The molecule has 1 heterocycles. The number of carbonyl (C=O) groups excluding carboxylic acids is 1. The van der Waals surface area contributed by atoms with E-state index in [0.29, 0.717) is 18.4 Å². The van der Waals surface area contributed by atoms with Crippen LogP contribution in [0.4, 0.5) is 0 Å². The van der Waals surface area contributed by atoms with Crippen molar-refractivity contribution >= 4 is 5.91 Å². The second kappa shape index (κ2) is 7.44. The molecule has 0 bridgehead atoms. The summed E-state index contributed by atoms with van der Waals surface area (Å²) in [5.74, 6) is 0.813. The van der Waals surface area contributed by atoms with E-state index in [1.54, 1.807) is 0 Å². The van der Waals surface area contributed by atoms with Gasteiger partial charge in [-0.3, -0.25) is 4.79 Å². The molecule has 1 aliphatic heterocycles. The first-order valence-corrected chi connectivity index (χ1v) is 7.71. The van der Waals surface area contributed by atoms with Crippen molar-refractivity contribution in [3.05, 3.63) is 35.4 Å². The van der Waals surface area contributed by atoms with Gasteiger partial charge >= 0.3 is 0 Å². The number of rotatable bonds is 5. The van der Waals surface area contributed by atoms with Gasteiger partial charge in [-0.2, -0.15) is 0 Å². The van der Waals surface area contributed by atoms with Crippen molar-refractivity contribution in [1.82, 2.24) is 10.6 Å². The molecule has 1 amide bonds. The molecular formula is C17H26N2O. The van der Waals surface area contributed by atoms with Gasteiger partial charge in [0.05, 0.1) is 0 Å². The van der Waals surface area contributed by atoms with Crippen LogP contribution >= 0.6 is 0 Å². The predicted octanol–water partition coefficient (Wildman–Crippen LogP) is 2.43. The Morgan fingerprint density at radius 3 is 2.95 bits per heavy atom. The molecule has 1 saturated heterocycles. The number of benzene rings is 1. The smallest absolute Gasteiger partial charge is 0.220 e. The summed E-state index contributed by atoms with van der Waals surface area (Å²) in [6.45, 7) is 6.19. The zero-order valence-corrected chi connectivity index (χ0v) is 12.6. The molecule has 110 valence electrons. The standard InChI is InChI=1S/C17H26N2O/c1-13-6-3-4-8-15(13)9-10-17(20)19-12-16-14(2)7-5-11-18-16/h3-4,6,8,14,16,18H,5,7,9-12H2,1-2H3,(H,19,20). The van der Waals surface area contributed by atoms with Crippen LogP contribution in [-0.4, -0.2) is 25.0 Å². The molecule has 2 N–H and O–H groups in total. The van der Waals surface area contributed by atoms with Crippen LogP contribution in [0.2, 0.25) is 0 Å². The summed E-state index contributed by atoms with van der Waals surface area (Å²) in [5.41, 5.74) is 2.54. The van der Waals surface area contributed by atoms with Crippen molar-refractivity contribution in [3.8, 4) is 0 Å². The lowest BCUT2D eigenvalue weighted by atomic mass is 9.93. The molecule has 0 saturated carbocycles. The lowest BCUT2D eigenvalue weighted by Gasteiger charge is -2.30. The van der Waals surface area contributed by atoms with Crippen LogP contribution in [0.15, 0.2) is 24.3 Å². The van der Waals surface area contributed by atoms with Gasteiger partial charge in [-0.1, -0.05) is 31.2 Å². The van der Waals surface area contributed by atoms with E-state index < -0.39 is 0 Å². The van der Waals surface area contributed by atoms with E-state index in [-0.39, 0.29) is 5.91 Å². The normalized spacial score (nSPS) is 22.5. The van der Waals surface area contributed by atoms with Crippen LogP contribution < -0.4 is 10.6 Å². The molecule has 2 atom stereocenters. The third-order valence-electron chi connectivity index (χ3n) is 4.33. The molecule has 0 aromatic heterocycles. The first-order valence-electron chi connectivity index (χ1n) is 7.71. The van der Waals surface area contributed by atoms with Gasteiger partial charge < -0.3 is 10.6 Å². The molecule has 1 aromatic rings. The molecule has 1 fully saturated rings. The third-order valence-corrected chi connectivity index (χ3v) is 4.33. The van der Waals surface area contributed by atoms with Crippen LogP contribution in [0.25, 0.3) is 0 Å². The van der Waals surface area contributed by atoms with Crippen molar-refractivity contribution in [3.63, 3.8) is 0 Å². The van der Waals surface area contributed by atoms with Gasteiger partial charge in [0, 0.05) is 19.0 Å². The minimum atomic E-state index is 0.160. The van der Waals surface area contributed by atoms with Crippen LogP contribution in [0.1, 0.15) is 37.3 Å². The second-order valence-corrected chi connectivity index (χ2v) is 5.91. The molecule has 20 heavy (non-hydrogen) atoms. The number of amides is 1. The summed E-state index contributed by atoms with van der Waals surface area (Å²) in [4.78, 5) is 11.9. The van der Waals surface area contributed by atoms with Crippen molar-refractivity contribution in [2.75, 3.05) is 13.1 Å². The maximum atomic E-state index is 11.9. The van der Waals surface area contributed by atoms with E-state index in [4.69, 9.17) is 0 Å². The Balaban J connectivity index is 1.71. The molecular weight excluding hydrogens is 248 g/mol. The van der Waals surface area contributed by atoms with Crippen molar-refractivity contribution < 1.29 is 4.79 Å². The Morgan fingerprint density at radius 1 is 1.40 bits per heavy atom. The van der Waals surface area contributed by atoms with Crippen molar-refractivity contribution in [1.29, 1.82) is 0 Å². The van der Waals surface area contributed by atoms with E-state index in [9.17, 15) is 4.79 Å². The lowest BCUT2D eigenvalue weighted by Crippen LogP contribution is -2.47. The minimum Gasteiger partial charge on any atom is -0.355 e. The summed E-state index contributed by atoms with van der Waals surface area (Å²) < 4.78 is 0. The Hall–Kier alpha value is -1.35. The van der Waals surface area contributed by atoms with Gasteiger partial charge in [-0.05, 0) is 49.8 Å². The van der Waals surface area contributed by atoms with E-state index in [1.807, 2.05) is 12.1 Å². The summed E-state index contributed by atoms with van der Waals surface area (Å²) >= 11 is 0. The van der Waals surface area contributed by atoms with Gasteiger partial charge in [0.1, 0.15) is 0 Å². The topological polar surface area (TPSA) is 41.1 Å². The highest BCUT2D eigenvalue weighted by Crippen LogP contribution is 2.15. The zero-order valence-electron chi connectivity index (χ0n) is 12.6. The summed E-state index contributed by atoms with van der Waals surface area (Å²) in [6, 6.07) is 8.71. The number of hydrogen-bond donors (Lipinski definition) is 2. The highest BCUT2D eigenvalue weighted by atomic mass is 16.1. The molecule has 0 spiro atoms. The van der Waals surface area contributed by atoms with Gasteiger partial charge in [0.25, 0.3) is 0 Å². The van der Waals surface area contributed by atoms with E-state index in [2.05, 4.69) is 36.6 Å². The summed E-state index contributed by atoms with van der Waals surface area (Å²) in [5, 5.41) is 6.56. The monoisotopic (exact) mass is 274 g/mol. The fraction of sp³-hybridized carbons (Fsp3) is 0.588. The summed E-state index contributed by atoms with van der Waals surface area (Å²) in [7, 11) is 0. The molecule has 1 aromatic carbocycles. The highest BCUT2D eigenvalue weighted by molar-refractivity contribution is 5.76. The second-order valence-electron chi connectivity index (χ2n) is 5.91. The third kappa shape index (κ3) is 4.34. The van der Waals surface area contributed by atoms with E-state index in [1.165, 1.54) is 24.0 Å². The maximum Gasteiger partial charge on any atom is 0.220 e. The molecule has 3 heteroatoms. The predicted molar refractivity (Wildman–Crippen MR) is 82.7 cm³/mol. The van der Waals surface area contributed by atoms with Crippen LogP contribution in [0.5, 0.6) is 0 Å². The van der Waals surface area contributed by atoms with Gasteiger partial charge in [0.15, 0.2) is 0 Å². The SMILES string of the molecule is Cc1ccccc1CCC(=O)NCC1NCCCC1C. The largest absolute Gasteiger partial charge is 0.355 e. The first kappa shape index (κ1) is 15.0. The Kier molecular flexibility index (Phi) is 5.60. The minimum absolute atomic E-state index is 0.160. The molecule has 0 aliphatic carbocycles. The molecule has 2 unspecified atom stereocenters. The average molecular weight is 274 g/mol. The molecule has 2 rings (SSSR count). The van der Waals surface area contributed by atoms with Crippen molar-refractivity contribution in [2.45, 2.75) is 45.6 Å². The number of nitrogens with one attached hydrogen (secondary N) is 2. The number of hydrogen-bond acceptors (Lipinski definition) is 2. The number of aryl methyl sites for hydroxylation is 2. The highest BCUT2D eigenvalue weighted by Gasteiger charge is 2.20. The first-order chi connectivity index (χ1) is 9.66. The van der Waals surface area contributed by atoms with E-state index in [0.717, 1.165) is 19.5 Å². The number of carbonyl (C=O) groups is 1. The zero-order chi connectivity index (χ0) is 14.4. The average Bonchev–Trinajstić information content (AvgIpc) is 2.45.